The second-order valence-corrected chi connectivity index (χ2v) is 6.97. The van der Waals surface area contributed by atoms with Crippen LogP contribution in [0.1, 0.15) is 32.9 Å². The van der Waals surface area contributed by atoms with E-state index in [0.717, 1.165) is 6.42 Å². The van der Waals surface area contributed by atoms with Gasteiger partial charge in [0.25, 0.3) is 11.5 Å². The lowest BCUT2D eigenvalue weighted by Crippen LogP contribution is -2.36. The van der Waals surface area contributed by atoms with E-state index in [2.05, 4.69) is 27.2 Å². The molecule has 0 atom stereocenters. The molecule has 1 aromatic carbocycles. The Balaban J connectivity index is 1.65. The van der Waals surface area contributed by atoms with Crippen LogP contribution in [0.3, 0.4) is 0 Å². The Hall–Kier alpha value is -2.93. The number of benzene rings is 1. The third kappa shape index (κ3) is 3.04. The van der Waals surface area contributed by atoms with Gasteiger partial charge in [0.15, 0.2) is 0 Å². The molecule has 0 unspecified atom stereocenters. The third-order valence-electron chi connectivity index (χ3n) is 4.87. The first-order valence-corrected chi connectivity index (χ1v) is 9.01. The highest BCUT2D eigenvalue weighted by atomic mass is 35.5. The second kappa shape index (κ2) is 6.66. The van der Waals surface area contributed by atoms with Crippen LogP contribution in [0.15, 0.2) is 35.3 Å². The molecule has 4 rings (SSSR count). The monoisotopic (exact) mass is 383 g/mol. The summed E-state index contributed by atoms with van der Waals surface area (Å²) >= 11 is 5.88. The SMILES string of the molecule is Cc1nc(-n2ncc(C(=O)N3CCc4ccccc4C3)c2C)[nH]c(=O)c1Cl. The maximum atomic E-state index is 13.0. The maximum absolute atomic E-state index is 13.0. The van der Waals surface area contributed by atoms with Gasteiger partial charge in [0.2, 0.25) is 5.95 Å². The fraction of sp³-hybridized carbons (Fsp3) is 0.263. The van der Waals surface area contributed by atoms with E-state index >= 15 is 0 Å². The molecule has 1 N–H and O–H groups in total. The highest BCUT2D eigenvalue weighted by Crippen LogP contribution is 2.22. The van der Waals surface area contributed by atoms with Crippen LogP contribution >= 0.6 is 11.6 Å². The van der Waals surface area contributed by atoms with Gasteiger partial charge in [-0.05, 0) is 31.4 Å². The molecule has 0 bridgehead atoms. The lowest BCUT2D eigenvalue weighted by Gasteiger charge is -2.28. The third-order valence-corrected chi connectivity index (χ3v) is 5.32. The van der Waals surface area contributed by atoms with Gasteiger partial charge in [0, 0.05) is 13.1 Å². The van der Waals surface area contributed by atoms with E-state index in [1.807, 2.05) is 17.0 Å². The van der Waals surface area contributed by atoms with Gasteiger partial charge < -0.3 is 4.90 Å². The van der Waals surface area contributed by atoms with Crippen molar-refractivity contribution in [2.75, 3.05) is 6.54 Å². The minimum absolute atomic E-state index is 0.0480. The predicted molar refractivity (Wildman–Crippen MR) is 101 cm³/mol. The Morgan fingerprint density at radius 3 is 2.70 bits per heavy atom. The molecular formula is C19H18ClN5O2. The van der Waals surface area contributed by atoms with Crippen LogP contribution < -0.4 is 5.56 Å². The standard InChI is InChI=1S/C19H18ClN5O2/c1-11-16(20)17(26)23-19(22-11)25-12(2)15(9-21-25)18(27)24-8-7-13-5-3-4-6-14(13)10-24/h3-6,9H,7-8,10H2,1-2H3,(H,22,23,26). The Labute approximate surface area is 160 Å². The van der Waals surface area contributed by atoms with Gasteiger partial charge in [0.05, 0.1) is 23.1 Å². The number of hydrogen-bond donors (Lipinski definition) is 1. The van der Waals surface area contributed by atoms with E-state index in [4.69, 9.17) is 11.6 Å². The van der Waals surface area contributed by atoms with Crippen molar-refractivity contribution in [3.05, 3.63) is 73.9 Å². The smallest absolute Gasteiger partial charge is 0.271 e. The number of nitrogens with one attached hydrogen (secondary N) is 1. The number of carbonyl (C=O) groups is 1. The molecule has 7 nitrogen and oxygen atoms in total. The molecule has 2 aromatic heterocycles. The maximum Gasteiger partial charge on any atom is 0.271 e. The van der Waals surface area contributed by atoms with Gasteiger partial charge in [-0.1, -0.05) is 35.9 Å². The van der Waals surface area contributed by atoms with E-state index in [9.17, 15) is 9.59 Å². The first-order valence-electron chi connectivity index (χ1n) is 8.63. The van der Waals surface area contributed by atoms with Gasteiger partial charge >= 0.3 is 0 Å². The van der Waals surface area contributed by atoms with Crippen molar-refractivity contribution >= 4 is 17.5 Å². The van der Waals surface area contributed by atoms with Crippen LogP contribution in [0.4, 0.5) is 0 Å². The molecule has 138 valence electrons. The Kier molecular flexibility index (Phi) is 4.31. The minimum Gasteiger partial charge on any atom is -0.334 e. The molecule has 3 heterocycles. The second-order valence-electron chi connectivity index (χ2n) is 6.59. The molecule has 0 fully saturated rings. The average molecular weight is 384 g/mol. The van der Waals surface area contributed by atoms with Gasteiger partial charge in [0.1, 0.15) is 5.02 Å². The van der Waals surface area contributed by atoms with Crippen LogP contribution in [0.2, 0.25) is 5.02 Å². The number of rotatable bonds is 2. The molecule has 0 saturated carbocycles. The summed E-state index contributed by atoms with van der Waals surface area (Å²) < 4.78 is 1.45. The summed E-state index contributed by atoms with van der Waals surface area (Å²) in [6, 6.07) is 8.16. The topological polar surface area (TPSA) is 83.9 Å². The molecule has 27 heavy (non-hydrogen) atoms. The number of H-pyrrole nitrogens is 1. The molecule has 0 radical (unpaired) electrons. The van der Waals surface area contributed by atoms with Crippen LogP contribution in [0.5, 0.6) is 0 Å². The fourth-order valence-electron chi connectivity index (χ4n) is 3.33. The number of fused-ring (bicyclic) bond motifs is 1. The summed E-state index contributed by atoms with van der Waals surface area (Å²) in [4.78, 5) is 33.6. The van der Waals surface area contributed by atoms with E-state index < -0.39 is 5.56 Å². The van der Waals surface area contributed by atoms with E-state index in [-0.39, 0.29) is 16.9 Å². The first-order chi connectivity index (χ1) is 13.0. The molecule has 3 aromatic rings. The van der Waals surface area contributed by atoms with Crippen LogP contribution in [0, 0.1) is 13.8 Å². The van der Waals surface area contributed by atoms with Crippen molar-refractivity contribution < 1.29 is 4.79 Å². The van der Waals surface area contributed by atoms with Crippen molar-refractivity contribution in [2.45, 2.75) is 26.8 Å². The summed E-state index contributed by atoms with van der Waals surface area (Å²) in [6.45, 7) is 4.67. The number of carbonyl (C=O) groups excluding carboxylic acids is 1. The zero-order valence-electron chi connectivity index (χ0n) is 15.0. The Morgan fingerprint density at radius 1 is 1.22 bits per heavy atom. The highest BCUT2D eigenvalue weighted by molar-refractivity contribution is 6.30. The van der Waals surface area contributed by atoms with Gasteiger partial charge in [-0.2, -0.15) is 5.10 Å². The lowest BCUT2D eigenvalue weighted by atomic mass is 9.99. The number of aromatic amines is 1. The molecular weight excluding hydrogens is 366 g/mol. The fourth-order valence-corrected chi connectivity index (χ4v) is 3.42. The summed E-state index contributed by atoms with van der Waals surface area (Å²) in [6.07, 6.45) is 2.35. The molecule has 8 heteroatoms. The number of amides is 1. The summed E-state index contributed by atoms with van der Waals surface area (Å²) in [5, 5.41) is 4.30. The number of halogens is 1. The summed E-state index contributed by atoms with van der Waals surface area (Å²) in [5.41, 5.74) is 3.53. The summed E-state index contributed by atoms with van der Waals surface area (Å²) in [5.74, 6) is 0.156. The van der Waals surface area contributed by atoms with Crippen molar-refractivity contribution in [1.82, 2.24) is 24.6 Å². The minimum atomic E-state index is -0.436. The van der Waals surface area contributed by atoms with Crippen LogP contribution in [-0.2, 0) is 13.0 Å². The van der Waals surface area contributed by atoms with Crippen molar-refractivity contribution in [1.29, 1.82) is 0 Å². The predicted octanol–water partition coefficient (Wildman–Crippen LogP) is 2.42. The normalized spacial score (nSPS) is 13.5. The Bertz CT molecular complexity index is 1100. The highest BCUT2D eigenvalue weighted by Gasteiger charge is 2.25. The van der Waals surface area contributed by atoms with E-state index in [1.54, 1.807) is 13.8 Å². The quantitative estimate of drug-likeness (QED) is 0.736. The zero-order valence-corrected chi connectivity index (χ0v) is 15.7. The Morgan fingerprint density at radius 2 is 1.96 bits per heavy atom. The number of aryl methyl sites for hydroxylation is 1. The molecule has 1 amide bonds. The van der Waals surface area contributed by atoms with E-state index in [0.29, 0.717) is 30.0 Å². The molecule has 1 aliphatic rings. The lowest BCUT2D eigenvalue weighted by molar-refractivity contribution is 0.0734. The number of hydrogen-bond acceptors (Lipinski definition) is 4. The van der Waals surface area contributed by atoms with Crippen molar-refractivity contribution in [3.63, 3.8) is 0 Å². The molecule has 1 aliphatic heterocycles. The van der Waals surface area contributed by atoms with E-state index in [1.165, 1.54) is 22.0 Å². The average Bonchev–Trinajstić information content (AvgIpc) is 3.06. The number of aromatic nitrogens is 4. The van der Waals surface area contributed by atoms with Crippen LogP contribution in [0.25, 0.3) is 5.95 Å². The van der Waals surface area contributed by atoms with Crippen LogP contribution in [-0.4, -0.2) is 37.1 Å². The molecule has 0 spiro atoms. The zero-order chi connectivity index (χ0) is 19.1. The van der Waals surface area contributed by atoms with Gasteiger partial charge in [-0.25, -0.2) is 9.67 Å². The number of nitrogens with zero attached hydrogens (tertiary/aromatic N) is 4. The van der Waals surface area contributed by atoms with Gasteiger partial charge in [-0.15, -0.1) is 0 Å². The van der Waals surface area contributed by atoms with Crippen molar-refractivity contribution in [2.24, 2.45) is 0 Å². The summed E-state index contributed by atoms with van der Waals surface area (Å²) in [7, 11) is 0. The molecule has 0 saturated heterocycles. The van der Waals surface area contributed by atoms with Crippen molar-refractivity contribution in [3.8, 4) is 5.95 Å². The largest absolute Gasteiger partial charge is 0.334 e. The van der Waals surface area contributed by atoms with Gasteiger partial charge in [-0.3, -0.25) is 14.6 Å². The molecule has 0 aliphatic carbocycles. The first kappa shape index (κ1) is 17.5.